The standard InChI is InChI=1S/C40H33N3/c1-6-25(2)26(3)27(4)41-28(5)42-35-21-11-9-17-31(35)29-15-7-8-16-30(29)33-19-13-20-34-32-18-10-12-22-36(32)43(39(33)34)38-24-14-23-37(41)40(38)42/h6-24,28H,1,4H2,2-3,5H3/b26-25-/t28-/m1/s1. The highest BCUT2D eigenvalue weighted by atomic mass is 15.4. The highest BCUT2D eigenvalue weighted by molar-refractivity contribution is 6.16. The quantitative estimate of drug-likeness (QED) is 0.201. The van der Waals surface area contributed by atoms with Crippen LogP contribution < -0.4 is 9.80 Å². The number of benzene rings is 5. The Morgan fingerprint density at radius 2 is 1.23 bits per heavy atom. The molecule has 6 aromatic rings. The minimum Gasteiger partial charge on any atom is -0.319 e. The van der Waals surface area contributed by atoms with Gasteiger partial charge in [0, 0.05) is 27.6 Å². The van der Waals surface area contributed by atoms with Gasteiger partial charge in [0.15, 0.2) is 0 Å². The number of hydrogen-bond acceptors (Lipinski definition) is 2. The molecule has 1 aromatic heterocycles. The number of anilines is 3. The van der Waals surface area contributed by atoms with Crippen LogP contribution in [0.1, 0.15) is 20.8 Å². The van der Waals surface area contributed by atoms with Gasteiger partial charge in [-0.05, 0) is 67.3 Å². The van der Waals surface area contributed by atoms with E-state index in [1.54, 1.807) is 0 Å². The number of rotatable bonds is 3. The molecule has 3 nitrogen and oxygen atoms in total. The second-order valence-electron chi connectivity index (χ2n) is 11.6. The van der Waals surface area contributed by atoms with Crippen molar-refractivity contribution in [2.45, 2.75) is 26.9 Å². The summed E-state index contributed by atoms with van der Waals surface area (Å²) in [5.74, 6) is 0. The molecule has 0 spiro atoms. The fraction of sp³-hybridized carbons (Fsp3) is 0.100. The molecule has 208 valence electrons. The van der Waals surface area contributed by atoms with Crippen LogP contribution in [0.4, 0.5) is 17.1 Å². The van der Waals surface area contributed by atoms with Crippen molar-refractivity contribution in [2.75, 3.05) is 9.80 Å². The predicted octanol–water partition coefficient (Wildman–Crippen LogP) is 10.8. The van der Waals surface area contributed by atoms with Crippen LogP contribution >= 0.6 is 0 Å². The Kier molecular flexibility index (Phi) is 5.54. The van der Waals surface area contributed by atoms with E-state index < -0.39 is 0 Å². The summed E-state index contributed by atoms with van der Waals surface area (Å²) in [5.41, 5.74) is 15.3. The maximum Gasteiger partial charge on any atom is 0.108 e. The Hall–Kier alpha value is -5.28. The first-order valence-electron chi connectivity index (χ1n) is 14.9. The zero-order valence-corrected chi connectivity index (χ0v) is 24.8. The Labute approximate surface area is 252 Å². The van der Waals surface area contributed by atoms with Crippen LogP contribution in [0.2, 0.25) is 0 Å². The summed E-state index contributed by atoms with van der Waals surface area (Å²) >= 11 is 0. The van der Waals surface area contributed by atoms with Gasteiger partial charge in [-0.2, -0.15) is 0 Å². The maximum atomic E-state index is 4.65. The van der Waals surface area contributed by atoms with E-state index in [9.17, 15) is 0 Å². The third kappa shape index (κ3) is 3.42. The van der Waals surface area contributed by atoms with Crippen molar-refractivity contribution in [3.8, 4) is 27.9 Å². The molecule has 0 fully saturated rings. The van der Waals surface area contributed by atoms with Gasteiger partial charge in [0.25, 0.3) is 0 Å². The maximum absolute atomic E-state index is 4.65. The molecule has 0 saturated carbocycles. The smallest absolute Gasteiger partial charge is 0.108 e. The molecule has 3 heteroatoms. The van der Waals surface area contributed by atoms with E-state index in [1.165, 1.54) is 55.4 Å². The molecule has 2 aliphatic rings. The molecule has 3 heterocycles. The van der Waals surface area contributed by atoms with Crippen LogP contribution in [0.5, 0.6) is 0 Å². The van der Waals surface area contributed by atoms with E-state index in [4.69, 9.17) is 0 Å². The number of fused-ring (bicyclic) bond motifs is 9. The average Bonchev–Trinajstić information content (AvgIpc) is 3.55. The van der Waals surface area contributed by atoms with Crippen LogP contribution in [0.3, 0.4) is 0 Å². The van der Waals surface area contributed by atoms with Gasteiger partial charge >= 0.3 is 0 Å². The Bertz CT molecular complexity index is 2180. The second-order valence-corrected chi connectivity index (χ2v) is 11.6. The number of para-hydroxylation sites is 4. The largest absolute Gasteiger partial charge is 0.319 e. The first-order chi connectivity index (χ1) is 21.0. The van der Waals surface area contributed by atoms with Crippen molar-refractivity contribution in [3.05, 3.63) is 145 Å². The van der Waals surface area contributed by atoms with Gasteiger partial charge in [0.2, 0.25) is 0 Å². The zero-order valence-electron chi connectivity index (χ0n) is 24.8. The lowest BCUT2D eigenvalue weighted by Crippen LogP contribution is -2.38. The Balaban J connectivity index is 1.58. The molecule has 5 aromatic carbocycles. The SMILES string of the molecule is C=C/C(C)=C(/C)C(=C)N1c2cccc3c2N(c2ccccc2-c2ccccc2-c2cccc4c5ccccc5n-3c24)[C@@H]1C. The minimum absolute atomic E-state index is 0.0171. The van der Waals surface area contributed by atoms with Gasteiger partial charge in [0.1, 0.15) is 6.17 Å². The normalized spacial score (nSPS) is 15.6. The molecule has 8 rings (SSSR count). The molecule has 0 unspecified atom stereocenters. The van der Waals surface area contributed by atoms with E-state index in [2.05, 4.69) is 157 Å². The monoisotopic (exact) mass is 555 g/mol. The van der Waals surface area contributed by atoms with Crippen molar-refractivity contribution < 1.29 is 0 Å². The topological polar surface area (TPSA) is 11.4 Å². The molecule has 0 amide bonds. The summed E-state index contributed by atoms with van der Waals surface area (Å²) in [4.78, 5) is 4.92. The summed E-state index contributed by atoms with van der Waals surface area (Å²) in [6.45, 7) is 15.2. The van der Waals surface area contributed by atoms with Crippen molar-refractivity contribution >= 4 is 38.9 Å². The summed E-state index contributed by atoms with van der Waals surface area (Å²) in [5, 5.41) is 2.51. The molecule has 0 N–H and O–H groups in total. The molecule has 0 bridgehead atoms. The van der Waals surface area contributed by atoms with Crippen LogP contribution in [0.15, 0.2) is 145 Å². The number of allylic oxidation sites excluding steroid dienone is 3. The van der Waals surface area contributed by atoms with Gasteiger partial charge < -0.3 is 14.4 Å². The number of nitrogens with zero attached hydrogens (tertiary/aromatic N) is 3. The minimum atomic E-state index is -0.0171. The highest BCUT2D eigenvalue weighted by Crippen LogP contribution is 2.54. The molecule has 0 radical (unpaired) electrons. The van der Waals surface area contributed by atoms with Crippen molar-refractivity contribution in [1.29, 1.82) is 0 Å². The highest BCUT2D eigenvalue weighted by Gasteiger charge is 2.40. The Morgan fingerprint density at radius 3 is 2.02 bits per heavy atom. The zero-order chi connectivity index (χ0) is 29.4. The molecule has 0 aliphatic carbocycles. The lowest BCUT2D eigenvalue weighted by Gasteiger charge is -2.34. The van der Waals surface area contributed by atoms with Gasteiger partial charge in [-0.3, -0.25) is 0 Å². The number of hydrogen-bond donors (Lipinski definition) is 0. The lowest BCUT2D eigenvalue weighted by atomic mass is 9.91. The molecule has 43 heavy (non-hydrogen) atoms. The fourth-order valence-corrected chi connectivity index (χ4v) is 7.25. The molecule has 0 saturated heterocycles. The predicted molar refractivity (Wildman–Crippen MR) is 183 cm³/mol. The number of aromatic nitrogens is 1. The second kappa shape index (κ2) is 9.37. The van der Waals surface area contributed by atoms with Crippen LogP contribution in [-0.2, 0) is 0 Å². The van der Waals surface area contributed by atoms with Gasteiger partial charge in [-0.25, -0.2) is 0 Å². The van der Waals surface area contributed by atoms with Crippen molar-refractivity contribution in [1.82, 2.24) is 4.57 Å². The van der Waals surface area contributed by atoms with Crippen molar-refractivity contribution in [3.63, 3.8) is 0 Å². The molecular formula is C40H33N3. The van der Waals surface area contributed by atoms with E-state index in [1.807, 2.05) is 6.08 Å². The van der Waals surface area contributed by atoms with E-state index in [0.717, 1.165) is 28.2 Å². The van der Waals surface area contributed by atoms with Gasteiger partial charge in [0.05, 0.1) is 33.8 Å². The average molecular weight is 556 g/mol. The van der Waals surface area contributed by atoms with Crippen LogP contribution in [0.25, 0.3) is 49.7 Å². The summed E-state index contributed by atoms with van der Waals surface area (Å²) in [6, 6.07) is 40.0. The van der Waals surface area contributed by atoms with Gasteiger partial charge in [-0.15, -0.1) is 0 Å². The summed E-state index contributed by atoms with van der Waals surface area (Å²) in [7, 11) is 0. The van der Waals surface area contributed by atoms with E-state index in [0.29, 0.717) is 0 Å². The van der Waals surface area contributed by atoms with Crippen molar-refractivity contribution in [2.24, 2.45) is 0 Å². The third-order valence-electron chi connectivity index (χ3n) is 9.47. The Morgan fingerprint density at radius 1 is 0.651 bits per heavy atom. The molecular weight excluding hydrogens is 522 g/mol. The van der Waals surface area contributed by atoms with Crippen LogP contribution in [0, 0.1) is 0 Å². The lowest BCUT2D eigenvalue weighted by molar-refractivity contribution is 0.737. The third-order valence-corrected chi connectivity index (χ3v) is 9.47. The van der Waals surface area contributed by atoms with E-state index in [-0.39, 0.29) is 6.17 Å². The fourth-order valence-electron chi connectivity index (χ4n) is 7.25. The van der Waals surface area contributed by atoms with E-state index >= 15 is 0 Å². The van der Waals surface area contributed by atoms with Crippen LogP contribution in [-0.4, -0.2) is 10.7 Å². The van der Waals surface area contributed by atoms with Gasteiger partial charge in [-0.1, -0.05) is 104 Å². The first-order valence-corrected chi connectivity index (χ1v) is 14.9. The molecule has 1 atom stereocenters. The molecule has 2 aliphatic heterocycles. The summed E-state index contributed by atoms with van der Waals surface area (Å²) < 4.78 is 2.49. The summed E-state index contributed by atoms with van der Waals surface area (Å²) in [6.07, 6.45) is 1.90. The first kappa shape index (κ1) is 25.4.